The third-order valence-corrected chi connectivity index (χ3v) is 6.30. The van der Waals surface area contributed by atoms with E-state index in [0.29, 0.717) is 22.6 Å². The van der Waals surface area contributed by atoms with Crippen molar-refractivity contribution in [1.29, 1.82) is 0 Å². The number of hydrogen-bond acceptors (Lipinski definition) is 2. The van der Waals surface area contributed by atoms with Gasteiger partial charge in [0.15, 0.2) is 0 Å². The SMILES string of the molecule is CC(C)c1ccccc1-c1cn(C(=O)Cc2ccc(SC(C)(F)F)cc2)c2ccccc12. The number of fused-ring (bicyclic) bond motifs is 1. The van der Waals surface area contributed by atoms with Gasteiger partial charge in [-0.25, -0.2) is 0 Å². The molecule has 32 heavy (non-hydrogen) atoms. The molecule has 0 spiro atoms. The van der Waals surface area contributed by atoms with Crippen molar-refractivity contribution < 1.29 is 13.6 Å². The molecule has 0 aliphatic heterocycles. The van der Waals surface area contributed by atoms with Crippen LogP contribution in [0.1, 0.15) is 42.6 Å². The zero-order valence-electron chi connectivity index (χ0n) is 18.3. The molecule has 0 N–H and O–H groups in total. The molecule has 0 aliphatic rings. The molecule has 164 valence electrons. The molecule has 0 saturated heterocycles. The van der Waals surface area contributed by atoms with Crippen LogP contribution in [0.2, 0.25) is 0 Å². The molecule has 0 aliphatic carbocycles. The fraction of sp³-hybridized carbons (Fsp3) is 0.222. The van der Waals surface area contributed by atoms with Crippen LogP contribution in [-0.4, -0.2) is 15.7 Å². The first-order valence-electron chi connectivity index (χ1n) is 10.6. The van der Waals surface area contributed by atoms with Gasteiger partial charge < -0.3 is 0 Å². The molecule has 1 aromatic heterocycles. The summed E-state index contributed by atoms with van der Waals surface area (Å²) < 4.78 is 28.1. The minimum absolute atomic E-state index is 0.0595. The predicted molar refractivity (Wildman–Crippen MR) is 129 cm³/mol. The number of carbonyl (C=O) groups excluding carboxylic acids is 1. The Bertz CT molecular complexity index is 1250. The Labute approximate surface area is 191 Å². The minimum atomic E-state index is -2.83. The van der Waals surface area contributed by atoms with E-state index < -0.39 is 5.25 Å². The average molecular weight is 450 g/mol. The summed E-state index contributed by atoms with van der Waals surface area (Å²) in [7, 11) is 0. The van der Waals surface area contributed by atoms with Gasteiger partial charge in [0.1, 0.15) is 0 Å². The van der Waals surface area contributed by atoms with Crippen LogP contribution in [0, 0.1) is 0 Å². The molecule has 0 bridgehead atoms. The maximum atomic E-state index is 13.2. The van der Waals surface area contributed by atoms with Crippen molar-refractivity contribution in [1.82, 2.24) is 4.57 Å². The molecule has 0 atom stereocenters. The zero-order chi connectivity index (χ0) is 22.9. The number of aromatic nitrogens is 1. The van der Waals surface area contributed by atoms with Gasteiger partial charge in [-0.05, 0) is 40.8 Å². The van der Waals surface area contributed by atoms with E-state index in [4.69, 9.17) is 0 Å². The zero-order valence-corrected chi connectivity index (χ0v) is 19.1. The van der Waals surface area contributed by atoms with E-state index in [1.807, 2.05) is 42.6 Å². The standard InChI is InChI=1S/C27H25F2NOS/c1-18(2)21-8-4-5-9-22(21)24-17-30(25-11-7-6-10-23(24)25)26(31)16-19-12-14-20(15-13-19)32-27(3,28)29/h4-15,17-18H,16H2,1-3H3. The highest BCUT2D eigenvalue weighted by molar-refractivity contribution is 8.00. The van der Waals surface area contributed by atoms with Crippen molar-refractivity contribution in [2.45, 2.75) is 43.3 Å². The van der Waals surface area contributed by atoms with Gasteiger partial charge in [-0.2, -0.15) is 8.78 Å². The summed E-state index contributed by atoms with van der Waals surface area (Å²) >= 11 is 0.508. The Balaban J connectivity index is 1.68. The molecule has 0 radical (unpaired) electrons. The number of alkyl halides is 2. The molecular weight excluding hydrogens is 424 g/mol. The van der Waals surface area contributed by atoms with Crippen molar-refractivity contribution in [3.8, 4) is 11.1 Å². The third kappa shape index (κ3) is 4.78. The van der Waals surface area contributed by atoms with Crippen LogP contribution < -0.4 is 0 Å². The van der Waals surface area contributed by atoms with Crippen molar-refractivity contribution in [2.24, 2.45) is 0 Å². The van der Waals surface area contributed by atoms with E-state index in [1.54, 1.807) is 28.8 Å². The Morgan fingerprint density at radius 2 is 1.59 bits per heavy atom. The maximum Gasteiger partial charge on any atom is 0.295 e. The summed E-state index contributed by atoms with van der Waals surface area (Å²) in [5, 5.41) is -1.80. The van der Waals surface area contributed by atoms with E-state index in [9.17, 15) is 13.6 Å². The average Bonchev–Trinajstić information content (AvgIpc) is 3.14. The van der Waals surface area contributed by atoms with Gasteiger partial charge in [-0.15, -0.1) is 0 Å². The van der Waals surface area contributed by atoms with Crippen molar-refractivity contribution in [2.75, 3.05) is 0 Å². The van der Waals surface area contributed by atoms with E-state index in [0.717, 1.165) is 34.5 Å². The Morgan fingerprint density at radius 1 is 0.938 bits per heavy atom. The molecule has 1 heterocycles. The lowest BCUT2D eigenvalue weighted by atomic mass is 9.92. The van der Waals surface area contributed by atoms with Gasteiger partial charge in [-0.3, -0.25) is 9.36 Å². The van der Waals surface area contributed by atoms with Crippen LogP contribution in [0.4, 0.5) is 8.78 Å². The molecule has 0 unspecified atom stereocenters. The second-order valence-corrected chi connectivity index (χ2v) is 9.69. The van der Waals surface area contributed by atoms with Crippen LogP contribution in [0.5, 0.6) is 0 Å². The first-order valence-corrected chi connectivity index (χ1v) is 11.4. The lowest BCUT2D eigenvalue weighted by Crippen LogP contribution is -2.12. The minimum Gasteiger partial charge on any atom is -0.286 e. The van der Waals surface area contributed by atoms with Crippen molar-refractivity contribution in [3.05, 3.63) is 90.1 Å². The van der Waals surface area contributed by atoms with Crippen molar-refractivity contribution >= 4 is 28.6 Å². The molecule has 4 rings (SSSR count). The fourth-order valence-corrected chi connectivity index (χ4v) is 4.67. The number of halogens is 2. The maximum absolute atomic E-state index is 13.2. The molecule has 2 nitrogen and oxygen atoms in total. The number of hydrogen-bond donors (Lipinski definition) is 0. The van der Waals surface area contributed by atoms with Gasteiger partial charge in [0.2, 0.25) is 5.91 Å². The topological polar surface area (TPSA) is 22.0 Å². The number of para-hydroxylation sites is 1. The number of nitrogens with zero attached hydrogens (tertiary/aromatic N) is 1. The Morgan fingerprint density at radius 3 is 2.28 bits per heavy atom. The summed E-state index contributed by atoms with van der Waals surface area (Å²) in [6, 6.07) is 23.0. The molecule has 3 aromatic carbocycles. The predicted octanol–water partition coefficient (Wildman–Crippen LogP) is 8.02. The van der Waals surface area contributed by atoms with E-state index in [2.05, 4.69) is 26.0 Å². The molecular formula is C27H25F2NOS. The highest BCUT2D eigenvalue weighted by Gasteiger charge is 2.22. The number of rotatable bonds is 6. The van der Waals surface area contributed by atoms with Crippen LogP contribution >= 0.6 is 11.8 Å². The van der Waals surface area contributed by atoms with Gasteiger partial charge >= 0.3 is 0 Å². The molecule has 0 amide bonds. The highest BCUT2D eigenvalue weighted by Crippen LogP contribution is 2.36. The quantitative estimate of drug-likeness (QED) is 0.278. The lowest BCUT2D eigenvalue weighted by molar-refractivity contribution is 0.0919. The largest absolute Gasteiger partial charge is 0.295 e. The number of carbonyl (C=O) groups is 1. The highest BCUT2D eigenvalue weighted by atomic mass is 32.2. The van der Waals surface area contributed by atoms with Crippen LogP contribution in [0.3, 0.4) is 0 Å². The van der Waals surface area contributed by atoms with Gasteiger partial charge in [0, 0.05) is 29.0 Å². The number of thioether (sulfide) groups is 1. The summed E-state index contributed by atoms with van der Waals surface area (Å²) in [6.07, 6.45) is 2.12. The monoisotopic (exact) mass is 449 g/mol. The second-order valence-electron chi connectivity index (χ2n) is 8.30. The van der Waals surface area contributed by atoms with E-state index >= 15 is 0 Å². The normalized spacial score (nSPS) is 11.9. The summed E-state index contributed by atoms with van der Waals surface area (Å²) in [6.45, 7) is 5.21. The number of benzene rings is 3. The van der Waals surface area contributed by atoms with Gasteiger partial charge in [0.25, 0.3) is 5.25 Å². The molecule has 5 heteroatoms. The van der Waals surface area contributed by atoms with Crippen LogP contribution in [0.15, 0.2) is 83.9 Å². The first-order chi connectivity index (χ1) is 15.2. The van der Waals surface area contributed by atoms with Crippen LogP contribution in [0.25, 0.3) is 22.0 Å². The lowest BCUT2D eigenvalue weighted by Gasteiger charge is -2.12. The second kappa shape index (κ2) is 8.91. The van der Waals surface area contributed by atoms with Crippen LogP contribution in [-0.2, 0) is 6.42 Å². The molecule has 4 aromatic rings. The summed E-state index contributed by atoms with van der Waals surface area (Å²) in [5.74, 6) is 0.298. The Kier molecular flexibility index (Phi) is 6.20. The molecule has 0 fully saturated rings. The van der Waals surface area contributed by atoms with Crippen molar-refractivity contribution in [3.63, 3.8) is 0 Å². The van der Waals surface area contributed by atoms with Gasteiger partial charge in [-0.1, -0.05) is 80.2 Å². The van der Waals surface area contributed by atoms with Gasteiger partial charge in [0.05, 0.1) is 11.9 Å². The summed E-state index contributed by atoms with van der Waals surface area (Å²) in [4.78, 5) is 13.7. The van der Waals surface area contributed by atoms with E-state index in [1.165, 1.54) is 5.56 Å². The summed E-state index contributed by atoms with van der Waals surface area (Å²) in [5.41, 5.74) is 5.07. The smallest absolute Gasteiger partial charge is 0.286 e. The molecule has 0 saturated carbocycles. The Hall–Kier alpha value is -2.92. The fourth-order valence-electron chi connectivity index (χ4n) is 3.99. The third-order valence-electron chi connectivity index (χ3n) is 5.43. The first kappa shape index (κ1) is 22.3. The van der Waals surface area contributed by atoms with E-state index in [-0.39, 0.29) is 12.3 Å².